The van der Waals surface area contributed by atoms with Crippen LogP contribution >= 0.6 is 0 Å². The van der Waals surface area contributed by atoms with Crippen LogP contribution in [0.4, 0.5) is 10.1 Å². The highest BCUT2D eigenvalue weighted by molar-refractivity contribution is 5.59. The molecule has 3 heteroatoms. The summed E-state index contributed by atoms with van der Waals surface area (Å²) in [5, 5.41) is 3.57. The minimum absolute atomic E-state index is 0.163. The summed E-state index contributed by atoms with van der Waals surface area (Å²) in [6.07, 6.45) is 9.16. The maximum Gasteiger partial charge on any atom is 0.123 e. The van der Waals surface area contributed by atoms with Crippen molar-refractivity contribution in [2.45, 2.75) is 18.4 Å². The highest BCUT2D eigenvalue weighted by atomic mass is 19.1. The number of anilines is 1. The topological polar surface area (TPSA) is 24.9 Å². The van der Waals surface area contributed by atoms with Crippen molar-refractivity contribution in [3.05, 3.63) is 71.8 Å². The summed E-state index contributed by atoms with van der Waals surface area (Å²) < 4.78 is 13.5. The molecule has 100 valence electrons. The van der Waals surface area contributed by atoms with Crippen LogP contribution in [0.2, 0.25) is 0 Å². The van der Waals surface area contributed by atoms with E-state index >= 15 is 0 Å². The first-order valence-electron chi connectivity index (χ1n) is 6.95. The predicted molar refractivity (Wildman–Crippen MR) is 77.0 cm³/mol. The molecule has 0 fully saturated rings. The average molecular weight is 266 g/mol. The normalized spacial score (nSPS) is 26.8. The second kappa shape index (κ2) is 4.44. The van der Waals surface area contributed by atoms with E-state index in [9.17, 15) is 4.39 Å². The lowest BCUT2D eigenvalue weighted by Crippen LogP contribution is -2.29. The Labute approximate surface area is 117 Å². The van der Waals surface area contributed by atoms with E-state index in [0.717, 1.165) is 17.7 Å². The highest BCUT2D eigenvalue weighted by Gasteiger charge is 2.37. The van der Waals surface area contributed by atoms with E-state index in [0.29, 0.717) is 11.8 Å². The van der Waals surface area contributed by atoms with Crippen molar-refractivity contribution in [2.75, 3.05) is 5.32 Å². The van der Waals surface area contributed by atoms with Crippen molar-refractivity contribution < 1.29 is 4.39 Å². The van der Waals surface area contributed by atoms with E-state index in [-0.39, 0.29) is 11.9 Å². The third kappa shape index (κ3) is 1.73. The van der Waals surface area contributed by atoms with Gasteiger partial charge in [-0.25, -0.2) is 4.39 Å². The Hall–Kier alpha value is -2.16. The standard InChI is InChI=1S/C17H15FN2/c18-12-6-7-16-15(9-12)13-4-1-5-14(13)17(20-16)11-3-2-8-19-10-11/h1-4,6-10,13-14,17,20H,5H2/t13-,14+,17+/m1/s1. The molecule has 0 unspecified atom stereocenters. The Kier molecular flexibility index (Phi) is 2.59. The van der Waals surface area contributed by atoms with Crippen molar-refractivity contribution in [2.24, 2.45) is 5.92 Å². The number of rotatable bonds is 1. The molecule has 0 saturated carbocycles. The van der Waals surface area contributed by atoms with Crippen LogP contribution in [0.3, 0.4) is 0 Å². The van der Waals surface area contributed by atoms with Gasteiger partial charge in [0.05, 0.1) is 6.04 Å². The number of hydrogen-bond donors (Lipinski definition) is 1. The zero-order valence-corrected chi connectivity index (χ0v) is 11.0. The molecule has 20 heavy (non-hydrogen) atoms. The van der Waals surface area contributed by atoms with Gasteiger partial charge in [0.2, 0.25) is 0 Å². The fourth-order valence-corrected chi connectivity index (χ4v) is 3.46. The average Bonchev–Trinajstić information content (AvgIpc) is 2.97. The number of fused-ring (bicyclic) bond motifs is 3. The molecule has 0 amide bonds. The molecule has 0 radical (unpaired) electrons. The Morgan fingerprint density at radius 2 is 2.20 bits per heavy atom. The number of halogens is 1. The van der Waals surface area contributed by atoms with Crippen molar-refractivity contribution in [3.8, 4) is 0 Å². The molecule has 0 spiro atoms. The second-order valence-electron chi connectivity index (χ2n) is 5.49. The lowest BCUT2D eigenvalue weighted by Gasteiger charge is -2.37. The first-order chi connectivity index (χ1) is 9.83. The number of benzene rings is 1. The van der Waals surface area contributed by atoms with E-state index in [1.54, 1.807) is 12.3 Å². The second-order valence-corrected chi connectivity index (χ2v) is 5.49. The third-order valence-corrected chi connectivity index (χ3v) is 4.37. The van der Waals surface area contributed by atoms with Crippen LogP contribution < -0.4 is 5.32 Å². The molecule has 1 aliphatic heterocycles. The summed E-state index contributed by atoms with van der Waals surface area (Å²) in [5.41, 5.74) is 3.30. The van der Waals surface area contributed by atoms with Crippen LogP contribution in [0.1, 0.15) is 29.5 Å². The molecule has 2 heterocycles. The summed E-state index contributed by atoms with van der Waals surface area (Å²) >= 11 is 0. The Morgan fingerprint density at radius 3 is 3.05 bits per heavy atom. The van der Waals surface area contributed by atoms with Gasteiger partial charge in [-0.1, -0.05) is 18.2 Å². The van der Waals surface area contributed by atoms with Gasteiger partial charge in [0.25, 0.3) is 0 Å². The maximum absolute atomic E-state index is 13.5. The molecule has 2 aliphatic rings. The monoisotopic (exact) mass is 266 g/mol. The molecule has 3 atom stereocenters. The summed E-state index contributed by atoms with van der Waals surface area (Å²) in [6, 6.07) is 9.33. The van der Waals surface area contributed by atoms with Gasteiger partial charge in [0, 0.05) is 24.0 Å². The number of nitrogens with zero attached hydrogens (tertiary/aromatic N) is 1. The predicted octanol–water partition coefficient (Wildman–Crippen LogP) is 4.05. The van der Waals surface area contributed by atoms with Gasteiger partial charge in [-0.05, 0) is 47.7 Å². The lowest BCUT2D eigenvalue weighted by molar-refractivity contribution is 0.423. The third-order valence-electron chi connectivity index (χ3n) is 4.37. The zero-order valence-electron chi connectivity index (χ0n) is 11.0. The minimum atomic E-state index is -0.163. The van der Waals surface area contributed by atoms with Gasteiger partial charge in [-0.15, -0.1) is 0 Å². The van der Waals surface area contributed by atoms with Gasteiger partial charge >= 0.3 is 0 Å². The zero-order chi connectivity index (χ0) is 13.5. The number of nitrogens with one attached hydrogen (secondary N) is 1. The smallest absolute Gasteiger partial charge is 0.123 e. The summed E-state index contributed by atoms with van der Waals surface area (Å²) in [4.78, 5) is 4.22. The number of pyridine rings is 1. The molecule has 1 aromatic carbocycles. The lowest BCUT2D eigenvalue weighted by atomic mass is 9.77. The highest BCUT2D eigenvalue weighted by Crippen LogP contribution is 2.49. The van der Waals surface area contributed by atoms with Crippen molar-refractivity contribution in [1.82, 2.24) is 4.98 Å². The van der Waals surface area contributed by atoms with Crippen LogP contribution in [0, 0.1) is 11.7 Å². The van der Waals surface area contributed by atoms with Crippen LogP contribution in [0.25, 0.3) is 0 Å². The van der Waals surface area contributed by atoms with Gasteiger partial charge in [-0.3, -0.25) is 4.98 Å². The molecule has 1 N–H and O–H groups in total. The molecule has 4 rings (SSSR count). The molecular weight excluding hydrogens is 251 g/mol. The van der Waals surface area contributed by atoms with E-state index < -0.39 is 0 Å². The van der Waals surface area contributed by atoms with E-state index in [1.807, 2.05) is 18.3 Å². The van der Waals surface area contributed by atoms with Gasteiger partial charge in [0.15, 0.2) is 0 Å². The minimum Gasteiger partial charge on any atom is -0.378 e. The van der Waals surface area contributed by atoms with Crippen LogP contribution in [0.15, 0.2) is 54.9 Å². The summed E-state index contributed by atoms with van der Waals surface area (Å²) in [6.45, 7) is 0. The number of hydrogen-bond acceptors (Lipinski definition) is 2. The molecule has 0 saturated heterocycles. The first-order valence-corrected chi connectivity index (χ1v) is 6.95. The first kappa shape index (κ1) is 11.6. The molecule has 1 aromatic heterocycles. The molecule has 1 aliphatic carbocycles. The van der Waals surface area contributed by atoms with Crippen molar-refractivity contribution >= 4 is 5.69 Å². The quantitative estimate of drug-likeness (QED) is 0.788. The Balaban J connectivity index is 1.80. The fraction of sp³-hybridized carbons (Fsp3) is 0.235. The van der Waals surface area contributed by atoms with Crippen LogP contribution in [-0.4, -0.2) is 4.98 Å². The molecule has 0 bridgehead atoms. The number of allylic oxidation sites excluding steroid dienone is 2. The maximum atomic E-state index is 13.5. The largest absolute Gasteiger partial charge is 0.378 e. The molecular formula is C17H15FN2. The van der Waals surface area contributed by atoms with Crippen molar-refractivity contribution in [1.29, 1.82) is 0 Å². The molecule has 2 aromatic rings. The molecule has 2 nitrogen and oxygen atoms in total. The van der Waals surface area contributed by atoms with Crippen molar-refractivity contribution in [3.63, 3.8) is 0 Å². The Bertz CT molecular complexity index is 666. The van der Waals surface area contributed by atoms with Crippen LogP contribution in [0.5, 0.6) is 0 Å². The SMILES string of the molecule is Fc1ccc2c(c1)[C@@H]1C=CC[C@@H]1[C@H](c1cccnc1)N2. The van der Waals surface area contributed by atoms with Gasteiger partial charge < -0.3 is 5.32 Å². The summed E-state index contributed by atoms with van der Waals surface area (Å²) in [7, 11) is 0. The fourth-order valence-electron chi connectivity index (χ4n) is 3.46. The van der Waals surface area contributed by atoms with Gasteiger partial charge in [0.1, 0.15) is 5.82 Å². The number of aromatic nitrogens is 1. The van der Waals surface area contributed by atoms with E-state index in [4.69, 9.17) is 0 Å². The Morgan fingerprint density at radius 1 is 1.25 bits per heavy atom. The van der Waals surface area contributed by atoms with Gasteiger partial charge in [-0.2, -0.15) is 0 Å². The summed E-state index contributed by atoms with van der Waals surface area (Å²) in [5.74, 6) is 0.574. The van der Waals surface area contributed by atoms with E-state index in [2.05, 4.69) is 28.5 Å². The van der Waals surface area contributed by atoms with E-state index in [1.165, 1.54) is 11.6 Å². The van der Waals surface area contributed by atoms with Crippen LogP contribution in [-0.2, 0) is 0 Å².